The minimum absolute atomic E-state index is 0.0892. The summed E-state index contributed by atoms with van der Waals surface area (Å²) in [5.41, 5.74) is 1.14. The number of nitrogens with zero attached hydrogens (tertiary/aromatic N) is 6. The molecule has 3 aromatic heterocycles. The van der Waals surface area contributed by atoms with Crippen molar-refractivity contribution >= 4 is 34.0 Å². The average Bonchev–Trinajstić information content (AvgIpc) is 3.45. The van der Waals surface area contributed by atoms with Crippen LogP contribution in [0.3, 0.4) is 0 Å². The summed E-state index contributed by atoms with van der Waals surface area (Å²) in [5, 5.41) is 19.4. The molecule has 3 aromatic rings. The zero-order chi connectivity index (χ0) is 24.7. The van der Waals surface area contributed by atoms with Gasteiger partial charge in [0.2, 0.25) is 0 Å². The highest BCUT2D eigenvalue weighted by Crippen LogP contribution is 2.34. The predicted molar refractivity (Wildman–Crippen MR) is 134 cm³/mol. The molecular weight excluding hydrogens is 466 g/mol. The highest BCUT2D eigenvalue weighted by atomic mass is 32.1. The van der Waals surface area contributed by atoms with E-state index in [1.54, 1.807) is 33.0 Å². The average molecular weight is 498 g/mol. The third-order valence-electron chi connectivity index (χ3n) is 6.94. The molecule has 4 heterocycles. The van der Waals surface area contributed by atoms with Gasteiger partial charge in [-0.2, -0.15) is 5.10 Å². The van der Waals surface area contributed by atoms with Crippen LogP contribution in [0.4, 0.5) is 10.6 Å². The van der Waals surface area contributed by atoms with E-state index in [4.69, 9.17) is 4.98 Å². The van der Waals surface area contributed by atoms with Crippen molar-refractivity contribution in [2.75, 3.05) is 18.4 Å². The lowest BCUT2D eigenvalue weighted by atomic mass is 10.0. The number of carboxylic acid groups (broad SMARTS) is 1. The molecule has 10 nitrogen and oxygen atoms in total. The smallest absolute Gasteiger partial charge is 0.407 e. The third kappa shape index (κ3) is 4.82. The van der Waals surface area contributed by atoms with Gasteiger partial charge in [0.1, 0.15) is 16.3 Å². The van der Waals surface area contributed by atoms with Gasteiger partial charge in [0.05, 0.1) is 11.8 Å². The summed E-state index contributed by atoms with van der Waals surface area (Å²) in [4.78, 5) is 38.8. The van der Waals surface area contributed by atoms with Crippen LogP contribution in [0.15, 0.2) is 23.8 Å². The van der Waals surface area contributed by atoms with Crippen LogP contribution >= 0.6 is 11.3 Å². The molecule has 1 aliphatic carbocycles. The van der Waals surface area contributed by atoms with Crippen LogP contribution in [0.1, 0.15) is 56.9 Å². The first-order valence-electron chi connectivity index (χ1n) is 12.2. The Morgan fingerprint density at radius 2 is 1.91 bits per heavy atom. The number of rotatable bonds is 7. The molecule has 1 saturated heterocycles. The van der Waals surface area contributed by atoms with E-state index in [2.05, 4.69) is 22.3 Å². The van der Waals surface area contributed by atoms with E-state index >= 15 is 0 Å². The van der Waals surface area contributed by atoms with Gasteiger partial charge in [-0.25, -0.2) is 19.3 Å². The van der Waals surface area contributed by atoms with Crippen molar-refractivity contribution in [3.8, 4) is 11.4 Å². The number of likely N-dealkylation sites (tertiary alicyclic amines) is 1. The van der Waals surface area contributed by atoms with E-state index in [9.17, 15) is 14.7 Å². The first kappa shape index (κ1) is 23.5. The highest BCUT2D eigenvalue weighted by molar-refractivity contribution is 7.16. The number of nitrogens with one attached hydrogen (secondary N) is 1. The van der Waals surface area contributed by atoms with Crippen LogP contribution in [0, 0.1) is 5.92 Å². The summed E-state index contributed by atoms with van der Waals surface area (Å²) in [7, 11) is 0. The van der Waals surface area contributed by atoms with Gasteiger partial charge in [-0.15, -0.1) is 11.3 Å². The molecule has 5 rings (SSSR count). The van der Waals surface area contributed by atoms with Crippen molar-refractivity contribution in [2.45, 2.75) is 64.6 Å². The van der Waals surface area contributed by atoms with E-state index in [0.717, 1.165) is 10.4 Å². The van der Waals surface area contributed by atoms with Gasteiger partial charge >= 0.3 is 6.09 Å². The molecule has 2 N–H and O–H groups in total. The Kier molecular flexibility index (Phi) is 6.35. The number of thiazole rings is 1. The van der Waals surface area contributed by atoms with Gasteiger partial charge in [0, 0.05) is 48.9 Å². The standard InChI is InChI=1S/C24H31N7O3S/c1-14(2)31(24(33)34)17-6-8-29(9-7-17)22(32)19-12-20(26-15(3)16-4-5-16)28-21(27-19)18-13-25-30-10-11-35-23(18)30/h10-17H,4-9H2,1-3H3,(H,33,34)(H,26,27,28)/t15-/m0/s1. The van der Waals surface area contributed by atoms with Gasteiger partial charge in [-0.1, -0.05) is 0 Å². The van der Waals surface area contributed by atoms with Crippen molar-refractivity contribution in [3.63, 3.8) is 0 Å². The fraction of sp³-hybridized carbons (Fsp3) is 0.542. The maximum absolute atomic E-state index is 13.5. The molecule has 2 amide bonds. The summed E-state index contributed by atoms with van der Waals surface area (Å²) in [5.74, 6) is 1.59. The normalized spacial score (nSPS) is 17.7. The largest absolute Gasteiger partial charge is 0.465 e. The number of fused-ring (bicyclic) bond motifs is 1. The van der Waals surface area contributed by atoms with E-state index in [-0.39, 0.29) is 24.0 Å². The number of aromatic nitrogens is 4. The lowest BCUT2D eigenvalue weighted by Crippen LogP contribution is -2.50. The molecule has 1 aliphatic heterocycles. The third-order valence-corrected chi connectivity index (χ3v) is 7.83. The second kappa shape index (κ2) is 9.44. The Morgan fingerprint density at radius 1 is 1.17 bits per heavy atom. The summed E-state index contributed by atoms with van der Waals surface area (Å²) in [6.45, 7) is 6.89. The number of carbonyl (C=O) groups excluding carboxylic acids is 1. The van der Waals surface area contributed by atoms with Crippen molar-refractivity contribution in [2.24, 2.45) is 5.92 Å². The number of amides is 2. The fourth-order valence-corrected chi connectivity index (χ4v) is 5.68. The molecule has 0 spiro atoms. The van der Waals surface area contributed by atoms with Crippen molar-refractivity contribution < 1.29 is 14.7 Å². The molecule has 0 unspecified atom stereocenters. The summed E-state index contributed by atoms with van der Waals surface area (Å²) < 4.78 is 1.78. The molecule has 2 fully saturated rings. The van der Waals surface area contributed by atoms with Crippen molar-refractivity contribution in [1.29, 1.82) is 0 Å². The SMILES string of the molecule is CC(C)N(C(=O)O)C1CCN(C(=O)c2cc(N[C@@H](C)C3CC3)nc(-c3cnn4ccsc34)n2)CC1. The first-order valence-corrected chi connectivity index (χ1v) is 13.1. The highest BCUT2D eigenvalue weighted by Gasteiger charge is 2.32. The number of anilines is 1. The number of hydrogen-bond donors (Lipinski definition) is 2. The Labute approximate surface area is 208 Å². The molecule has 0 radical (unpaired) electrons. The quantitative estimate of drug-likeness (QED) is 0.506. The molecule has 2 aliphatic rings. The second-order valence-corrected chi connectivity index (χ2v) is 10.6. The van der Waals surface area contributed by atoms with E-state index in [1.165, 1.54) is 17.7 Å². The number of piperidine rings is 1. The Bertz CT molecular complexity index is 1230. The second-order valence-electron chi connectivity index (χ2n) is 9.75. The van der Waals surface area contributed by atoms with Crippen LogP contribution < -0.4 is 5.32 Å². The first-order chi connectivity index (χ1) is 16.8. The minimum Gasteiger partial charge on any atom is -0.465 e. The van der Waals surface area contributed by atoms with Crippen LogP contribution in [0.5, 0.6) is 0 Å². The zero-order valence-electron chi connectivity index (χ0n) is 20.2. The van der Waals surface area contributed by atoms with Gasteiger partial charge in [0.15, 0.2) is 5.82 Å². The Hall–Kier alpha value is -3.21. The van der Waals surface area contributed by atoms with E-state index in [0.29, 0.717) is 49.2 Å². The van der Waals surface area contributed by atoms with Crippen LogP contribution in [0.2, 0.25) is 0 Å². The Morgan fingerprint density at radius 3 is 2.57 bits per heavy atom. The van der Waals surface area contributed by atoms with Gasteiger partial charge in [-0.3, -0.25) is 4.79 Å². The molecule has 0 bridgehead atoms. The Balaban J connectivity index is 1.40. The van der Waals surface area contributed by atoms with Crippen molar-refractivity contribution in [3.05, 3.63) is 29.5 Å². The van der Waals surface area contributed by atoms with Crippen LogP contribution in [-0.2, 0) is 0 Å². The maximum Gasteiger partial charge on any atom is 0.407 e. The van der Waals surface area contributed by atoms with Crippen molar-refractivity contribution in [1.82, 2.24) is 29.4 Å². The lowest BCUT2D eigenvalue weighted by molar-refractivity contribution is 0.0561. The molecule has 11 heteroatoms. The van der Waals surface area contributed by atoms with Gasteiger partial charge in [-0.05, 0) is 52.4 Å². The molecule has 0 aromatic carbocycles. The minimum atomic E-state index is -0.910. The summed E-state index contributed by atoms with van der Waals surface area (Å²) in [6, 6.07) is 1.82. The monoisotopic (exact) mass is 497 g/mol. The maximum atomic E-state index is 13.5. The molecule has 186 valence electrons. The van der Waals surface area contributed by atoms with E-state index < -0.39 is 6.09 Å². The predicted octanol–water partition coefficient (Wildman–Crippen LogP) is 4.06. The van der Waals surface area contributed by atoms with Gasteiger partial charge in [0.25, 0.3) is 5.91 Å². The fourth-order valence-electron chi connectivity index (χ4n) is 4.89. The number of carbonyl (C=O) groups is 2. The summed E-state index contributed by atoms with van der Waals surface area (Å²) >= 11 is 1.55. The van der Waals surface area contributed by atoms with E-state index in [1.807, 2.05) is 25.4 Å². The molecule has 1 saturated carbocycles. The molecule has 35 heavy (non-hydrogen) atoms. The zero-order valence-corrected chi connectivity index (χ0v) is 21.0. The lowest BCUT2D eigenvalue weighted by Gasteiger charge is -2.39. The topological polar surface area (TPSA) is 116 Å². The van der Waals surface area contributed by atoms with Gasteiger partial charge < -0.3 is 20.2 Å². The van der Waals surface area contributed by atoms with Crippen LogP contribution in [0.25, 0.3) is 16.2 Å². The number of hydrogen-bond acceptors (Lipinski definition) is 7. The molecule has 1 atom stereocenters. The summed E-state index contributed by atoms with van der Waals surface area (Å²) in [6.07, 6.45) is 6.34. The van der Waals surface area contributed by atoms with Crippen LogP contribution in [-0.4, -0.2) is 77.7 Å². The molecular formula is C24H31N7O3S.